The van der Waals surface area contributed by atoms with E-state index in [2.05, 4.69) is 20.4 Å². The lowest BCUT2D eigenvalue weighted by Crippen LogP contribution is -2.30. The lowest BCUT2D eigenvalue weighted by molar-refractivity contribution is 0.0941. The van der Waals surface area contributed by atoms with Crippen molar-refractivity contribution in [3.63, 3.8) is 0 Å². The second-order valence-electron chi connectivity index (χ2n) is 5.07. The highest BCUT2D eigenvalue weighted by molar-refractivity contribution is 6.30. The number of hydrogen-bond donors (Lipinski definition) is 2. The maximum Gasteiger partial charge on any atom is 0.252 e. The third-order valence-electron chi connectivity index (χ3n) is 3.32. The Morgan fingerprint density at radius 1 is 1.29 bits per heavy atom. The molecule has 0 saturated heterocycles. The molecule has 2 aromatic heterocycles. The molecule has 2 heterocycles. The molecule has 1 aromatic carbocycles. The Kier molecular flexibility index (Phi) is 4.43. The van der Waals surface area contributed by atoms with E-state index in [1.165, 1.54) is 18.3 Å². The van der Waals surface area contributed by atoms with Crippen LogP contribution in [0.3, 0.4) is 0 Å². The second-order valence-corrected chi connectivity index (χ2v) is 5.51. The number of carbonyl (C=O) groups is 1. The van der Waals surface area contributed by atoms with Crippen LogP contribution in [-0.2, 0) is 0 Å². The largest absolute Gasteiger partial charge is 0.340 e. The quantitative estimate of drug-likeness (QED) is 0.755. The van der Waals surface area contributed by atoms with Crippen LogP contribution in [0.4, 0.5) is 0 Å². The minimum atomic E-state index is -0.633. The summed E-state index contributed by atoms with van der Waals surface area (Å²) in [6, 6.07) is 9.03. The van der Waals surface area contributed by atoms with Crippen LogP contribution >= 0.6 is 11.6 Å². The molecule has 0 aliphatic rings. The number of aromatic nitrogens is 3. The number of halogens is 1. The molecular formula is C16H13ClN4O3. The molecule has 0 aliphatic carbocycles. The number of hydrogen-bond acceptors (Lipinski definition) is 5. The third-order valence-corrected chi connectivity index (χ3v) is 3.57. The van der Waals surface area contributed by atoms with Gasteiger partial charge in [0.05, 0.1) is 0 Å². The Morgan fingerprint density at radius 2 is 2.04 bits per heavy atom. The monoisotopic (exact) mass is 344 g/mol. The zero-order valence-corrected chi connectivity index (χ0v) is 13.4. The molecule has 3 aromatic rings. The molecule has 0 spiro atoms. The lowest BCUT2D eigenvalue weighted by atomic mass is 10.1. The molecule has 2 N–H and O–H groups in total. The van der Waals surface area contributed by atoms with Gasteiger partial charge in [-0.05, 0) is 23.8 Å². The molecule has 0 unspecified atom stereocenters. The molecule has 0 saturated carbocycles. The summed E-state index contributed by atoms with van der Waals surface area (Å²) in [6.07, 6.45) is 1.41. The van der Waals surface area contributed by atoms with Gasteiger partial charge in [-0.15, -0.1) is 0 Å². The standard InChI is InChI=1S/C16H13ClN4O3/c1-9-19-15(21-24-9)14(10-2-4-12(17)5-3-10)20-16(23)11-6-7-18-13(22)8-11/h2-8,14H,1H3,(H,18,22)(H,20,23)/t14-/m0/s1. The summed E-state index contributed by atoms with van der Waals surface area (Å²) in [5.74, 6) is 0.269. The summed E-state index contributed by atoms with van der Waals surface area (Å²) >= 11 is 5.91. The molecule has 24 heavy (non-hydrogen) atoms. The van der Waals surface area contributed by atoms with Gasteiger partial charge in [0.15, 0.2) is 5.82 Å². The Hall–Kier alpha value is -2.93. The highest BCUT2D eigenvalue weighted by Crippen LogP contribution is 2.22. The average Bonchev–Trinajstić information content (AvgIpc) is 2.99. The molecule has 0 fully saturated rings. The van der Waals surface area contributed by atoms with Crippen molar-refractivity contribution in [2.24, 2.45) is 0 Å². The summed E-state index contributed by atoms with van der Waals surface area (Å²) in [5.41, 5.74) is 0.609. The number of pyridine rings is 1. The van der Waals surface area contributed by atoms with Crippen LogP contribution in [0.5, 0.6) is 0 Å². The number of aryl methyl sites for hydroxylation is 1. The minimum absolute atomic E-state index is 0.234. The smallest absolute Gasteiger partial charge is 0.252 e. The third kappa shape index (κ3) is 3.52. The van der Waals surface area contributed by atoms with Crippen LogP contribution in [-0.4, -0.2) is 21.0 Å². The first-order chi connectivity index (χ1) is 11.5. The molecule has 3 rings (SSSR count). The van der Waals surface area contributed by atoms with E-state index in [1.54, 1.807) is 31.2 Å². The fourth-order valence-electron chi connectivity index (χ4n) is 2.18. The van der Waals surface area contributed by atoms with Crippen molar-refractivity contribution in [3.05, 3.63) is 80.8 Å². The number of rotatable bonds is 4. The van der Waals surface area contributed by atoms with Crippen molar-refractivity contribution in [3.8, 4) is 0 Å². The van der Waals surface area contributed by atoms with Gasteiger partial charge in [0.1, 0.15) is 6.04 Å². The Labute approximate surface area is 141 Å². The lowest BCUT2D eigenvalue weighted by Gasteiger charge is -2.16. The maximum atomic E-state index is 12.5. The van der Waals surface area contributed by atoms with Gasteiger partial charge in [0.25, 0.3) is 5.91 Å². The summed E-state index contributed by atoms with van der Waals surface area (Å²) in [7, 11) is 0. The number of nitrogens with zero attached hydrogens (tertiary/aromatic N) is 2. The number of carbonyl (C=O) groups excluding carboxylic acids is 1. The van der Waals surface area contributed by atoms with Crippen molar-refractivity contribution in [2.45, 2.75) is 13.0 Å². The molecule has 1 amide bonds. The van der Waals surface area contributed by atoms with Crippen LogP contribution in [0, 0.1) is 6.92 Å². The van der Waals surface area contributed by atoms with Gasteiger partial charge in [0.2, 0.25) is 11.4 Å². The van der Waals surface area contributed by atoms with Crippen molar-refractivity contribution in [2.75, 3.05) is 0 Å². The predicted octanol–water partition coefficient (Wildman–Crippen LogP) is 2.24. The highest BCUT2D eigenvalue weighted by atomic mass is 35.5. The highest BCUT2D eigenvalue weighted by Gasteiger charge is 2.22. The zero-order chi connectivity index (χ0) is 17.1. The second kappa shape index (κ2) is 6.67. The van der Waals surface area contributed by atoms with Crippen molar-refractivity contribution >= 4 is 17.5 Å². The van der Waals surface area contributed by atoms with Gasteiger partial charge in [0, 0.05) is 29.8 Å². The molecule has 1 atom stereocenters. The molecule has 122 valence electrons. The van der Waals surface area contributed by atoms with Gasteiger partial charge in [-0.25, -0.2) is 0 Å². The molecule has 0 bridgehead atoms. The molecule has 7 nitrogen and oxygen atoms in total. The summed E-state index contributed by atoms with van der Waals surface area (Å²) < 4.78 is 5.00. The first kappa shape index (κ1) is 15.9. The number of aromatic amines is 1. The molecule has 0 radical (unpaired) electrons. The topological polar surface area (TPSA) is 101 Å². The van der Waals surface area contributed by atoms with E-state index >= 15 is 0 Å². The summed E-state index contributed by atoms with van der Waals surface area (Å²) in [4.78, 5) is 30.5. The SMILES string of the molecule is Cc1nc([C@@H](NC(=O)c2cc[nH]c(=O)c2)c2ccc(Cl)cc2)no1. The average molecular weight is 345 g/mol. The Morgan fingerprint density at radius 3 is 2.67 bits per heavy atom. The van der Waals surface area contributed by atoms with Crippen LogP contribution in [0.15, 0.2) is 51.9 Å². The van der Waals surface area contributed by atoms with E-state index in [1.807, 2.05) is 0 Å². The van der Waals surface area contributed by atoms with Gasteiger partial charge in [-0.2, -0.15) is 4.98 Å². The van der Waals surface area contributed by atoms with Crippen molar-refractivity contribution < 1.29 is 9.32 Å². The number of nitrogens with one attached hydrogen (secondary N) is 2. The van der Waals surface area contributed by atoms with E-state index in [9.17, 15) is 9.59 Å². The summed E-state index contributed by atoms with van der Waals surface area (Å²) in [5, 5.41) is 7.26. The van der Waals surface area contributed by atoms with Gasteiger partial charge < -0.3 is 14.8 Å². The number of H-pyrrole nitrogens is 1. The zero-order valence-electron chi connectivity index (χ0n) is 12.6. The van der Waals surface area contributed by atoms with E-state index in [4.69, 9.17) is 16.1 Å². The molecule has 0 aliphatic heterocycles. The molecule has 8 heteroatoms. The van der Waals surface area contributed by atoms with E-state index < -0.39 is 11.9 Å². The fourth-order valence-corrected chi connectivity index (χ4v) is 2.31. The van der Waals surface area contributed by atoms with Crippen LogP contribution in [0.1, 0.15) is 33.7 Å². The summed E-state index contributed by atoms with van der Waals surface area (Å²) in [6.45, 7) is 1.66. The number of amides is 1. The van der Waals surface area contributed by atoms with Gasteiger partial charge in [-0.3, -0.25) is 9.59 Å². The van der Waals surface area contributed by atoms with Gasteiger partial charge in [-0.1, -0.05) is 28.9 Å². The van der Waals surface area contributed by atoms with E-state index in [-0.39, 0.29) is 11.1 Å². The Balaban J connectivity index is 1.94. The molecular weight excluding hydrogens is 332 g/mol. The van der Waals surface area contributed by atoms with Crippen LogP contribution in [0.2, 0.25) is 5.02 Å². The first-order valence-electron chi connectivity index (χ1n) is 7.08. The van der Waals surface area contributed by atoms with Crippen molar-refractivity contribution in [1.29, 1.82) is 0 Å². The van der Waals surface area contributed by atoms with Crippen LogP contribution < -0.4 is 10.9 Å². The Bertz CT molecular complexity index is 917. The predicted molar refractivity (Wildman–Crippen MR) is 86.9 cm³/mol. The van der Waals surface area contributed by atoms with Crippen LogP contribution in [0.25, 0.3) is 0 Å². The van der Waals surface area contributed by atoms with E-state index in [0.29, 0.717) is 16.7 Å². The van der Waals surface area contributed by atoms with Gasteiger partial charge >= 0.3 is 0 Å². The fraction of sp³-hybridized carbons (Fsp3) is 0.125. The minimum Gasteiger partial charge on any atom is -0.340 e. The van der Waals surface area contributed by atoms with E-state index in [0.717, 1.165) is 5.56 Å². The maximum absolute atomic E-state index is 12.5. The number of benzene rings is 1. The normalized spacial score (nSPS) is 11.9. The van der Waals surface area contributed by atoms with Crippen molar-refractivity contribution in [1.82, 2.24) is 20.4 Å². The first-order valence-corrected chi connectivity index (χ1v) is 7.46.